The summed E-state index contributed by atoms with van der Waals surface area (Å²) in [5.74, 6) is 1.89. The number of nitrogens with zero attached hydrogens (tertiary/aromatic N) is 2. The molecule has 3 rings (SSSR count). The van der Waals surface area contributed by atoms with Crippen molar-refractivity contribution < 1.29 is 0 Å². The van der Waals surface area contributed by atoms with Crippen LogP contribution in [0.15, 0.2) is 36.8 Å². The number of unbranched alkanes of at least 4 members (excludes halogenated alkanes) is 3. The van der Waals surface area contributed by atoms with E-state index in [1.807, 2.05) is 0 Å². The fraction of sp³-hybridized carbons (Fsp3) is 0.630. The third-order valence-corrected chi connectivity index (χ3v) is 6.86. The molecule has 0 bridgehead atoms. The zero-order chi connectivity index (χ0) is 20.3. The molecule has 0 N–H and O–H groups in total. The lowest BCUT2D eigenvalue weighted by molar-refractivity contribution is 0.249. The second kappa shape index (κ2) is 12.1. The molecule has 0 radical (unpaired) electrons. The van der Waals surface area contributed by atoms with E-state index in [0.29, 0.717) is 0 Å². The first-order chi connectivity index (χ1) is 14.3. The summed E-state index contributed by atoms with van der Waals surface area (Å²) in [7, 11) is 0. The van der Waals surface area contributed by atoms with Gasteiger partial charge in [-0.3, -0.25) is 0 Å². The van der Waals surface area contributed by atoms with E-state index in [-0.39, 0.29) is 0 Å². The van der Waals surface area contributed by atoms with Crippen molar-refractivity contribution in [2.45, 2.75) is 97.3 Å². The Morgan fingerprint density at radius 3 is 2.28 bits per heavy atom. The van der Waals surface area contributed by atoms with Crippen molar-refractivity contribution in [3.8, 4) is 11.3 Å². The van der Waals surface area contributed by atoms with Gasteiger partial charge in [-0.1, -0.05) is 95.9 Å². The van der Waals surface area contributed by atoms with Gasteiger partial charge in [-0.2, -0.15) is 0 Å². The largest absolute Gasteiger partial charge is 0.244 e. The van der Waals surface area contributed by atoms with Crippen molar-refractivity contribution in [2.24, 2.45) is 11.8 Å². The molecule has 2 aromatic rings. The predicted molar refractivity (Wildman–Crippen MR) is 124 cm³/mol. The van der Waals surface area contributed by atoms with Crippen LogP contribution in [0.5, 0.6) is 0 Å². The summed E-state index contributed by atoms with van der Waals surface area (Å²) < 4.78 is 0. The molecule has 0 aliphatic heterocycles. The summed E-state index contributed by atoms with van der Waals surface area (Å²) in [5.41, 5.74) is 5.25. The summed E-state index contributed by atoms with van der Waals surface area (Å²) in [5, 5.41) is 0. The number of aromatic nitrogens is 2. The second-order valence-corrected chi connectivity index (χ2v) is 9.08. The highest BCUT2D eigenvalue weighted by molar-refractivity contribution is 5.66. The topological polar surface area (TPSA) is 25.8 Å². The number of aryl methyl sites for hydroxylation is 2. The molecule has 2 nitrogen and oxygen atoms in total. The molecule has 1 aliphatic carbocycles. The highest BCUT2D eigenvalue weighted by atomic mass is 14.8. The molecule has 1 aromatic carbocycles. The average Bonchev–Trinajstić information content (AvgIpc) is 2.78. The lowest BCUT2D eigenvalue weighted by Gasteiger charge is -2.28. The molecule has 1 heterocycles. The van der Waals surface area contributed by atoms with E-state index in [0.717, 1.165) is 24.7 Å². The van der Waals surface area contributed by atoms with Crippen molar-refractivity contribution in [1.82, 2.24) is 9.97 Å². The second-order valence-electron chi connectivity index (χ2n) is 9.08. The molecule has 0 amide bonds. The van der Waals surface area contributed by atoms with Crippen LogP contribution in [0, 0.1) is 11.8 Å². The third kappa shape index (κ3) is 6.66. The van der Waals surface area contributed by atoms with E-state index in [1.54, 1.807) is 6.33 Å². The van der Waals surface area contributed by atoms with E-state index < -0.39 is 0 Å². The zero-order valence-corrected chi connectivity index (χ0v) is 18.7. The van der Waals surface area contributed by atoms with Gasteiger partial charge >= 0.3 is 0 Å². The van der Waals surface area contributed by atoms with Gasteiger partial charge in [0.25, 0.3) is 0 Å². The Morgan fingerprint density at radius 2 is 1.52 bits per heavy atom. The zero-order valence-electron chi connectivity index (χ0n) is 18.7. The summed E-state index contributed by atoms with van der Waals surface area (Å²) in [6.45, 7) is 4.57. The van der Waals surface area contributed by atoms with Crippen LogP contribution >= 0.6 is 0 Å². The van der Waals surface area contributed by atoms with Crippen LogP contribution in [0.2, 0.25) is 0 Å². The van der Waals surface area contributed by atoms with Gasteiger partial charge in [0.2, 0.25) is 0 Å². The van der Waals surface area contributed by atoms with Crippen molar-refractivity contribution in [3.63, 3.8) is 0 Å². The Balaban J connectivity index is 1.58. The highest BCUT2D eigenvalue weighted by Gasteiger charge is 2.21. The molecule has 1 fully saturated rings. The molecule has 1 aliphatic rings. The maximum absolute atomic E-state index is 4.72. The van der Waals surface area contributed by atoms with Gasteiger partial charge in [0.05, 0.1) is 5.69 Å². The van der Waals surface area contributed by atoms with Crippen LogP contribution in [-0.4, -0.2) is 9.97 Å². The predicted octanol–water partition coefficient (Wildman–Crippen LogP) is 7.81. The summed E-state index contributed by atoms with van der Waals surface area (Å²) in [4.78, 5) is 9.09. The Hall–Kier alpha value is -1.70. The first kappa shape index (κ1) is 22.0. The maximum Gasteiger partial charge on any atom is 0.116 e. The molecular formula is C27H40N2. The minimum Gasteiger partial charge on any atom is -0.244 e. The number of rotatable bonds is 11. The number of hydrogen-bond acceptors (Lipinski definition) is 2. The van der Waals surface area contributed by atoms with Gasteiger partial charge in [0.15, 0.2) is 0 Å². The molecule has 1 aromatic heterocycles. The highest BCUT2D eigenvalue weighted by Crippen LogP contribution is 2.35. The van der Waals surface area contributed by atoms with Gasteiger partial charge in [-0.25, -0.2) is 9.97 Å². The van der Waals surface area contributed by atoms with Crippen molar-refractivity contribution >= 4 is 0 Å². The van der Waals surface area contributed by atoms with Crippen LogP contribution in [0.25, 0.3) is 11.3 Å². The van der Waals surface area contributed by atoms with Crippen molar-refractivity contribution in [3.05, 3.63) is 47.9 Å². The number of benzene rings is 1. The summed E-state index contributed by atoms with van der Waals surface area (Å²) >= 11 is 0. The van der Waals surface area contributed by atoms with E-state index in [1.165, 1.54) is 93.0 Å². The van der Waals surface area contributed by atoms with E-state index in [9.17, 15) is 0 Å². The first-order valence-electron chi connectivity index (χ1n) is 12.2. The lowest BCUT2D eigenvalue weighted by atomic mass is 9.77. The molecule has 2 heteroatoms. The van der Waals surface area contributed by atoms with Crippen LogP contribution in [0.4, 0.5) is 0 Å². The fourth-order valence-corrected chi connectivity index (χ4v) is 4.97. The Kier molecular flexibility index (Phi) is 9.18. The van der Waals surface area contributed by atoms with Gasteiger partial charge in [-0.05, 0) is 48.6 Å². The Morgan fingerprint density at radius 1 is 0.793 bits per heavy atom. The van der Waals surface area contributed by atoms with Gasteiger partial charge in [0.1, 0.15) is 6.33 Å². The standard InChI is InChI=1S/C27H40N2/c1-3-5-7-10-22-14-16-23(17-15-22)18-19-25-20-28-21-29-27(25)26-13-9-8-12-24(26)11-6-4-2/h8-9,12-13,20-23H,3-7,10-11,14-19H2,1-2H3. The quantitative estimate of drug-likeness (QED) is 0.364. The molecule has 1 saturated carbocycles. The van der Waals surface area contributed by atoms with Crippen molar-refractivity contribution in [2.75, 3.05) is 0 Å². The third-order valence-electron chi connectivity index (χ3n) is 6.86. The molecular weight excluding hydrogens is 352 g/mol. The minimum absolute atomic E-state index is 0.890. The van der Waals surface area contributed by atoms with Gasteiger partial charge in [-0.15, -0.1) is 0 Å². The van der Waals surface area contributed by atoms with E-state index in [4.69, 9.17) is 4.98 Å². The minimum atomic E-state index is 0.890. The van der Waals surface area contributed by atoms with Crippen molar-refractivity contribution in [1.29, 1.82) is 0 Å². The number of hydrogen-bond donors (Lipinski definition) is 0. The molecule has 0 atom stereocenters. The lowest BCUT2D eigenvalue weighted by Crippen LogP contribution is -2.15. The van der Waals surface area contributed by atoms with Crippen LogP contribution in [0.1, 0.15) is 95.6 Å². The summed E-state index contributed by atoms with van der Waals surface area (Å²) in [6.07, 6.45) is 21.2. The summed E-state index contributed by atoms with van der Waals surface area (Å²) in [6, 6.07) is 8.83. The van der Waals surface area contributed by atoms with E-state index >= 15 is 0 Å². The Bertz CT molecular complexity index is 716. The molecule has 0 saturated heterocycles. The van der Waals surface area contributed by atoms with Gasteiger partial charge in [0, 0.05) is 11.8 Å². The molecule has 158 valence electrons. The SMILES string of the molecule is CCCCCC1CCC(CCc2cncnc2-c2ccccc2CCCC)CC1. The Labute approximate surface area is 178 Å². The first-order valence-corrected chi connectivity index (χ1v) is 12.2. The fourth-order valence-electron chi connectivity index (χ4n) is 4.97. The normalized spacial score (nSPS) is 19.4. The monoisotopic (exact) mass is 392 g/mol. The van der Waals surface area contributed by atoms with Crippen LogP contribution in [-0.2, 0) is 12.8 Å². The van der Waals surface area contributed by atoms with Crippen LogP contribution in [0.3, 0.4) is 0 Å². The smallest absolute Gasteiger partial charge is 0.116 e. The average molecular weight is 393 g/mol. The maximum atomic E-state index is 4.72. The molecule has 0 unspecified atom stereocenters. The molecule has 0 spiro atoms. The van der Waals surface area contributed by atoms with Crippen LogP contribution < -0.4 is 0 Å². The van der Waals surface area contributed by atoms with E-state index in [2.05, 4.69) is 49.3 Å². The molecule has 29 heavy (non-hydrogen) atoms. The van der Waals surface area contributed by atoms with Gasteiger partial charge < -0.3 is 0 Å².